The van der Waals surface area contributed by atoms with Crippen molar-refractivity contribution in [2.75, 3.05) is 0 Å². The fraction of sp³-hybridized carbons (Fsp3) is 0.375. The second kappa shape index (κ2) is 5.01. The minimum atomic E-state index is -5.02. The van der Waals surface area contributed by atoms with Crippen molar-refractivity contribution in [2.45, 2.75) is 19.4 Å². The van der Waals surface area contributed by atoms with E-state index in [0.29, 0.717) is 6.07 Å². The lowest BCUT2D eigenvalue weighted by molar-refractivity contribution is -0.276. The Morgan fingerprint density at radius 1 is 1.41 bits per heavy atom. The molecule has 1 heterocycles. The zero-order valence-electron chi connectivity index (χ0n) is 7.93. The fourth-order valence-electron chi connectivity index (χ4n) is 1.08. The predicted molar refractivity (Wildman–Crippen MR) is 46.8 cm³/mol. The van der Waals surface area contributed by atoms with Crippen LogP contribution in [-0.2, 0) is 6.61 Å². The van der Waals surface area contributed by atoms with Gasteiger partial charge in [0.2, 0.25) is 5.88 Å². The van der Waals surface area contributed by atoms with Crippen LogP contribution in [0.25, 0.3) is 0 Å². The molecule has 96 valence electrons. The van der Waals surface area contributed by atoms with Gasteiger partial charge in [-0.25, -0.2) is 13.8 Å². The Labute approximate surface area is 96.8 Å². The van der Waals surface area contributed by atoms with Gasteiger partial charge in [0.1, 0.15) is 5.15 Å². The van der Waals surface area contributed by atoms with Crippen LogP contribution < -0.4 is 4.74 Å². The van der Waals surface area contributed by atoms with Crippen LogP contribution in [0.4, 0.5) is 22.0 Å². The smallest absolute Gasteiger partial charge is 0.392 e. The van der Waals surface area contributed by atoms with Gasteiger partial charge in [-0.15, -0.1) is 13.2 Å². The van der Waals surface area contributed by atoms with E-state index in [9.17, 15) is 22.0 Å². The van der Waals surface area contributed by atoms with Gasteiger partial charge < -0.3 is 9.84 Å². The number of hydrogen-bond donors (Lipinski definition) is 1. The molecule has 17 heavy (non-hydrogen) atoms. The number of pyridine rings is 1. The van der Waals surface area contributed by atoms with Crippen molar-refractivity contribution >= 4 is 11.6 Å². The molecule has 1 aromatic rings. The Balaban J connectivity index is 3.18. The van der Waals surface area contributed by atoms with E-state index < -0.39 is 41.6 Å². The lowest BCUT2D eigenvalue weighted by atomic mass is 10.1. The third kappa shape index (κ3) is 3.67. The Morgan fingerprint density at radius 2 is 2.00 bits per heavy atom. The zero-order chi connectivity index (χ0) is 13.2. The Kier molecular flexibility index (Phi) is 4.10. The maximum Gasteiger partial charge on any atom is 0.574 e. The molecule has 9 heteroatoms. The van der Waals surface area contributed by atoms with E-state index in [4.69, 9.17) is 16.7 Å². The molecule has 0 aliphatic carbocycles. The first-order valence-corrected chi connectivity index (χ1v) is 4.46. The molecule has 0 radical (unpaired) electrons. The van der Waals surface area contributed by atoms with Crippen molar-refractivity contribution in [3.63, 3.8) is 0 Å². The van der Waals surface area contributed by atoms with Crippen molar-refractivity contribution in [1.29, 1.82) is 0 Å². The van der Waals surface area contributed by atoms with Crippen LogP contribution >= 0.6 is 11.6 Å². The molecule has 1 aromatic heterocycles. The van der Waals surface area contributed by atoms with Crippen LogP contribution in [0, 0.1) is 0 Å². The van der Waals surface area contributed by atoms with E-state index in [1.165, 1.54) is 0 Å². The summed E-state index contributed by atoms with van der Waals surface area (Å²) in [4.78, 5) is 3.02. The zero-order valence-corrected chi connectivity index (χ0v) is 8.69. The summed E-state index contributed by atoms with van der Waals surface area (Å²) in [6, 6.07) is 0.556. The fourth-order valence-corrected chi connectivity index (χ4v) is 1.37. The first-order chi connectivity index (χ1) is 7.74. The number of rotatable bonds is 3. The van der Waals surface area contributed by atoms with Crippen molar-refractivity contribution in [3.8, 4) is 5.88 Å². The standard InChI is InChI=1S/C8H5ClF5NO2/c9-6-5(7(10)11)3(2-16)1-4(15-6)17-8(12,13)14/h1,7,16H,2H2. The van der Waals surface area contributed by atoms with E-state index in [1.807, 2.05) is 0 Å². The van der Waals surface area contributed by atoms with Crippen LogP contribution in [0.3, 0.4) is 0 Å². The van der Waals surface area contributed by atoms with Crippen LogP contribution in [0.15, 0.2) is 6.07 Å². The summed E-state index contributed by atoms with van der Waals surface area (Å²) < 4.78 is 63.9. The predicted octanol–water partition coefficient (Wildman–Crippen LogP) is 3.06. The second-order valence-electron chi connectivity index (χ2n) is 2.83. The van der Waals surface area contributed by atoms with E-state index in [0.717, 1.165) is 0 Å². The first kappa shape index (κ1) is 13.9. The molecule has 1 N–H and O–H groups in total. The Morgan fingerprint density at radius 3 is 2.41 bits per heavy atom. The van der Waals surface area contributed by atoms with Gasteiger partial charge >= 0.3 is 6.36 Å². The molecule has 0 aliphatic heterocycles. The number of aromatic nitrogens is 1. The monoisotopic (exact) mass is 277 g/mol. The maximum absolute atomic E-state index is 12.4. The van der Waals surface area contributed by atoms with Crippen LogP contribution in [-0.4, -0.2) is 16.5 Å². The second-order valence-corrected chi connectivity index (χ2v) is 3.19. The number of alkyl halides is 5. The minimum Gasteiger partial charge on any atom is -0.392 e. The molecule has 0 bridgehead atoms. The lowest BCUT2D eigenvalue weighted by Gasteiger charge is -2.12. The number of halogens is 6. The van der Waals surface area contributed by atoms with Crippen molar-refractivity contribution in [1.82, 2.24) is 4.98 Å². The molecule has 0 saturated carbocycles. The molecule has 0 atom stereocenters. The van der Waals surface area contributed by atoms with Gasteiger partial charge in [-0.2, -0.15) is 0 Å². The molecule has 0 fully saturated rings. The van der Waals surface area contributed by atoms with Gasteiger partial charge in [-0.1, -0.05) is 11.6 Å². The SMILES string of the molecule is OCc1cc(OC(F)(F)F)nc(Cl)c1C(F)F. The summed E-state index contributed by atoms with van der Waals surface area (Å²) in [5.41, 5.74) is -1.29. The lowest BCUT2D eigenvalue weighted by Crippen LogP contribution is -2.18. The molecule has 0 aliphatic rings. The molecule has 3 nitrogen and oxygen atoms in total. The van der Waals surface area contributed by atoms with Gasteiger partial charge in [-0.3, -0.25) is 0 Å². The molecular weight excluding hydrogens is 273 g/mol. The summed E-state index contributed by atoms with van der Waals surface area (Å²) in [5, 5.41) is 7.92. The van der Waals surface area contributed by atoms with Crippen molar-refractivity contribution in [3.05, 3.63) is 22.3 Å². The molecular formula is C8H5ClF5NO2. The molecule has 0 amide bonds. The molecule has 0 aromatic carbocycles. The van der Waals surface area contributed by atoms with Crippen molar-refractivity contribution < 1.29 is 31.8 Å². The third-order valence-electron chi connectivity index (χ3n) is 1.68. The molecule has 0 spiro atoms. The highest BCUT2D eigenvalue weighted by atomic mass is 35.5. The van der Waals surface area contributed by atoms with E-state index in [2.05, 4.69) is 9.72 Å². The Bertz CT molecular complexity index is 410. The topological polar surface area (TPSA) is 42.4 Å². The highest BCUT2D eigenvalue weighted by Crippen LogP contribution is 2.33. The summed E-state index contributed by atoms with van der Waals surface area (Å²) in [7, 11) is 0. The summed E-state index contributed by atoms with van der Waals surface area (Å²) >= 11 is 5.29. The number of hydrogen-bond acceptors (Lipinski definition) is 3. The average molecular weight is 278 g/mol. The number of aliphatic hydroxyl groups is 1. The minimum absolute atomic E-state index is 0.473. The molecule has 0 unspecified atom stereocenters. The highest BCUT2D eigenvalue weighted by Gasteiger charge is 2.32. The van der Waals surface area contributed by atoms with Gasteiger partial charge in [-0.05, 0) is 5.56 Å². The van der Waals surface area contributed by atoms with Crippen LogP contribution in [0.5, 0.6) is 5.88 Å². The van der Waals surface area contributed by atoms with Crippen LogP contribution in [0.1, 0.15) is 17.6 Å². The maximum atomic E-state index is 12.4. The number of ether oxygens (including phenoxy) is 1. The van der Waals surface area contributed by atoms with Gasteiger partial charge in [0.25, 0.3) is 6.43 Å². The number of aliphatic hydroxyl groups excluding tert-OH is 1. The molecule has 1 rings (SSSR count). The first-order valence-electron chi connectivity index (χ1n) is 4.08. The summed E-state index contributed by atoms with van der Waals surface area (Å²) in [6.07, 6.45) is -8.08. The largest absolute Gasteiger partial charge is 0.574 e. The summed E-state index contributed by atoms with van der Waals surface area (Å²) in [6.45, 7) is -0.907. The molecule has 0 saturated heterocycles. The van der Waals surface area contributed by atoms with E-state index >= 15 is 0 Å². The van der Waals surface area contributed by atoms with Gasteiger partial charge in [0, 0.05) is 6.07 Å². The van der Waals surface area contributed by atoms with Crippen LogP contribution in [0.2, 0.25) is 5.15 Å². The average Bonchev–Trinajstić information content (AvgIpc) is 2.12. The normalized spacial score (nSPS) is 12.0. The quantitative estimate of drug-likeness (QED) is 0.682. The third-order valence-corrected chi connectivity index (χ3v) is 1.97. The Hall–Kier alpha value is -1.15. The van der Waals surface area contributed by atoms with Crippen molar-refractivity contribution in [2.24, 2.45) is 0 Å². The highest BCUT2D eigenvalue weighted by molar-refractivity contribution is 6.30. The van der Waals surface area contributed by atoms with Gasteiger partial charge in [0.05, 0.1) is 12.2 Å². The van der Waals surface area contributed by atoms with E-state index in [-0.39, 0.29) is 0 Å². The van der Waals surface area contributed by atoms with Gasteiger partial charge in [0.15, 0.2) is 0 Å². The van der Waals surface area contributed by atoms with E-state index in [1.54, 1.807) is 0 Å². The number of nitrogens with zero attached hydrogens (tertiary/aromatic N) is 1. The summed E-state index contributed by atoms with van der Waals surface area (Å²) in [5.74, 6) is -1.00.